The van der Waals surface area contributed by atoms with Gasteiger partial charge in [-0.3, -0.25) is 4.99 Å². The number of benzene rings is 1. The summed E-state index contributed by atoms with van der Waals surface area (Å²) >= 11 is 1.35. The average molecular weight is 405 g/mol. The van der Waals surface area contributed by atoms with E-state index >= 15 is 0 Å². The maximum Gasteiger partial charge on any atom is 0.350 e. The van der Waals surface area contributed by atoms with Crippen LogP contribution in [0.2, 0.25) is 0 Å². The van der Waals surface area contributed by atoms with Gasteiger partial charge < -0.3 is 20.1 Å². The van der Waals surface area contributed by atoms with Crippen LogP contribution in [0.15, 0.2) is 29.3 Å². The Hall–Kier alpha value is -2.45. The SMILES string of the molecule is CCOC(=O)c1sc(C(C)NC(=NC)NCc2cccc(COC)c2)nc1C. The van der Waals surface area contributed by atoms with Gasteiger partial charge in [0.2, 0.25) is 0 Å². The zero-order valence-corrected chi connectivity index (χ0v) is 17.9. The maximum absolute atomic E-state index is 12.0. The monoisotopic (exact) mass is 404 g/mol. The highest BCUT2D eigenvalue weighted by molar-refractivity contribution is 7.13. The molecule has 0 aliphatic carbocycles. The summed E-state index contributed by atoms with van der Waals surface area (Å²) in [7, 11) is 3.41. The van der Waals surface area contributed by atoms with Crippen molar-refractivity contribution in [3.05, 3.63) is 51.0 Å². The number of carbonyl (C=O) groups is 1. The van der Waals surface area contributed by atoms with E-state index in [2.05, 4.69) is 32.7 Å². The topological polar surface area (TPSA) is 84.8 Å². The van der Waals surface area contributed by atoms with Crippen LogP contribution in [0.3, 0.4) is 0 Å². The first-order valence-corrected chi connectivity index (χ1v) is 9.98. The minimum absolute atomic E-state index is 0.0992. The number of carbonyl (C=O) groups excluding carboxylic acids is 1. The number of hydrogen-bond acceptors (Lipinski definition) is 6. The van der Waals surface area contributed by atoms with Crippen LogP contribution in [-0.4, -0.2) is 37.7 Å². The van der Waals surface area contributed by atoms with Gasteiger partial charge in [0.1, 0.15) is 9.88 Å². The third-order valence-corrected chi connectivity index (χ3v) is 5.30. The van der Waals surface area contributed by atoms with Crippen LogP contribution in [0.1, 0.15) is 51.4 Å². The molecule has 2 N–H and O–H groups in total. The molecule has 7 nitrogen and oxygen atoms in total. The number of ether oxygens (including phenoxy) is 2. The summed E-state index contributed by atoms with van der Waals surface area (Å²) in [6.07, 6.45) is 0. The fourth-order valence-corrected chi connectivity index (χ4v) is 3.59. The number of aliphatic imine (C=N–C) groups is 1. The van der Waals surface area contributed by atoms with Gasteiger partial charge in [0.25, 0.3) is 0 Å². The van der Waals surface area contributed by atoms with Gasteiger partial charge in [-0.2, -0.15) is 0 Å². The standard InChI is InChI=1S/C20H28N4O3S/c1-6-27-19(25)17-13(2)23-18(28-17)14(3)24-20(21-4)22-11-15-8-7-9-16(10-15)12-26-5/h7-10,14H,6,11-12H2,1-5H3,(H2,21,22,24). The van der Waals surface area contributed by atoms with Crippen LogP contribution >= 0.6 is 11.3 Å². The quantitative estimate of drug-likeness (QED) is 0.399. The molecule has 1 heterocycles. The van der Waals surface area contributed by atoms with E-state index in [0.717, 1.165) is 16.1 Å². The fraction of sp³-hybridized carbons (Fsp3) is 0.450. The van der Waals surface area contributed by atoms with Gasteiger partial charge in [0, 0.05) is 20.7 Å². The molecule has 2 aromatic rings. The zero-order chi connectivity index (χ0) is 20.5. The first-order chi connectivity index (χ1) is 13.5. The summed E-state index contributed by atoms with van der Waals surface area (Å²) in [6.45, 7) is 7.17. The predicted octanol–water partition coefficient (Wildman–Crippen LogP) is 3.20. The molecule has 1 atom stereocenters. The van der Waals surface area contributed by atoms with Gasteiger partial charge in [-0.25, -0.2) is 9.78 Å². The Morgan fingerprint density at radius 2 is 2.11 bits per heavy atom. The molecule has 152 valence electrons. The molecule has 8 heteroatoms. The van der Waals surface area contributed by atoms with E-state index in [9.17, 15) is 4.79 Å². The number of nitrogens with zero attached hydrogens (tertiary/aromatic N) is 2. The number of thiazole rings is 1. The van der Waals surface area contributed by atoms with Crippen molar-refractivity contribution in [1.29, 1.82) is 0 Å². The lowest BCUT2D eigenvalue weighted by molar-refractivity contribution is 0.0531. The third kappa shape index (κ3) is 6.03. The summed E-state index contributed by atoms with van der Waals surface area (Å²) < 4.78 is 10.3. The number of aryl methyl sites for hydroxylation is 1. The first kappa shape index (κ1) is 21.8. The molecule has 1 aromatic heterocycles. The Balaban J connectivity index is 1.98. The minimum atomic E-state index is -0.325. The lowest BCUT2D eigenvalue weighted by atomic mass is 10.1. The Kier molecular flexibility index (Phi) is 8.41. The number of rotatable bonds is 8. The molecule has 1 unspecified atom stereocenters. The minimum Gasteiger partial charge on any atom is -0.462 e. The molecule has 28 heavy (non-hydrogen) atoms. The fourth-order valence-electron chi connectivity index (χ4n) is 2.63. The molecular formula is C20H28N4O3S. The summed E-state index contributed by atoms with van der Waals surface area (Å²) in [4.78, 5) is 21.3. The second kappa shape index (κ2) is 10.8. The van der Waals surface area contributed by atoms with Crippen molar-refractivity contribution >= 4 is 23.3 Å². The Bertz CT molecular complexity index is 820. The molecule has 0 spiro atoms. The number of hydrogen-bond donors (Lipinski definition) is 2. The van der Waals surface area contributed by atoms with Gasteiger partial charge in [0.05, 0.1) is 24.9 Å². The van der Waals surface area contributed by atoms with Crippen molar-refractivity contribution in [2.45, 2.75) is 40.0 Å². The average Bonchev–Trinajstić information content (AvgIpc) is 3.08. The lowest BCUT2D eigenvalue weighted by Crippen LogP contribution is -2.38. The van der Waals surface area contributed by atoms with Gasteiger partial charge in [-0.1, -0.05) is 24.3 Å². The highest BCUT2D eigenvalue weighted by Gasteiger charge is 2.20. The number of esters is 1. The zero-order valence-electron chi connectivity index (χ0n) is 17.0. The van der Waals surface area contributed by atoms with Gasteiger partial charge >= 0.3 is 5.97 Å². The number of guanidine groups is 1. The van der Waals surface area contributed by atoms with Crippen LogP contribution in [0.5, 0.6) is 0 Å². The predicted molar refractivity (Wildman–Crippen MR) is 112 cm³/mol. The Morgan fingerprint density at radius 3 is 2.79 bits per heavy atom. The molecular weight excluding hydrogens is 376 g/mol. The van der Waals surface area contributed by atoms with E-state index in [-0.39, 0.29) is 12.0 Å². The summed E-state index contributed by atoms with van der Waals surface area (Å²) in [5.41, 5.74) is 2.95. The Morgan fingerprint density at radius 1 is 1.36 bits per heavy atom. The van der Waals surface area contributed by atoms with E-state index < -0.39 is 0 Å². The summed E-state index contributed by atoms with van der Waals surface area (Å²) in [5.74, 6) is 0.338. The van der Waals surface area contributed by atoms with Crippen LogP contribution < -0.4 is 10.6 Å². The van der Waals surface area contributed by atoms with Crippen molar-refractivity contribution in [3.63, 3.8) is 0 Å². The lowest BCUT2D eigenvalue weighted by Gasteiger charge is -2.16. The van der Waals surface area contributed by atoms with E-state index in [0.29, 0.717) is 36.3 Å². The second-order valence-electron chi connectivity index (χ2n) is 6.23. The molecule has 2 rings (SSSR count). The van der Waals surface area contributed by atoms with E-state index in [1.54, 1.807) is 21.1 Å². The second-order valence-corrected chi connectivity index (χ2v) is 7.26. The molecule has 0 saturated heterocycles. The molecule has 0 saturated carbocycles. The van der Waals surface area contributed by atoms with E-state index in [4.69, 9.17) is 9.47 Å². The van der Waals surface area contributed by atoms with E-state index in [1.807, 2.05) is 26.0 Å². The molecule has 0 fully saturated rings. The third-order valence-electron chi connectivity index (χ3n) is 3.98. The molecule has 0 bridgehead atoms. The first-order valence-electron chi connectivity index (χ1n) is 9.16. The molecule has 0 aliphatic rings. The Labute approximate surface area is 170 Å². The molecule has 0 radical (unpaired) electrons. The van der Waals surface area contributed by atoms with Crippen molar-refractivity contribution in [2.75, 3.05) is 20.8 Å². The van der Waals surface area contributed by atoms with Crippen molar-refractivity contribution in [3.8, 4) is 0 Å². The number of aromatic nitrogens is 1. The van der Waals surface area contributed by atoms with Crippen LogP contribution in [0.25, 0.3) is 0 Å². The number of nitrogens with one attached hydrogen (secondary N) is 2. The highest BCUT2D eigenvalue weighted by Crippen LogP contribution is 2.24. The largest absolute Gasteiger partial charge is 0.462 e. The number of methoxy groups -OCH3 is 1. The van der Waals surface area contributed by atoms with Crippen LogP contribution in [0.4, 0.5) is 0 Å². The smallest absolute Gasteiger partial charge is 0.350 e. The summed E-state index contributed by atoms with van der Waals surface area (Å²) in [6, 6.07) is 8.10. The van der Waals surface area contributed by atoms with Gasteiger partial charge in [-0.05, 0) is 31.9 Å². The van der Waals surface area contributed by atoms with Gasteiger partial charge in [0.15, 0.2) is 5.96 Å². The van der Waals surface area contributed by atoms with Crippen molar-refractivity contribution < 1.29 is 14.3 Å². The van der Waals surface area contributed by atoms with Crippen molar-refractivity contribution in [1.82, 2.24) is 15.6 Å². The molecule has 0 aliphatic heterocycles. The molecule has 0 amide bonds. The van der Waals surface area contributed by atoms with Crippen LogP contribution in [-0.2, 0) is 22.6 Å². The van der Waals surface area contributed by atoms with Crippen LogP contribution in [0, 0.1) is 6.92 Å². The van der Waals surface area contributed by atoms with Gasteiger partial charge in [-0.15, -0.1) is 11.3 Å². The molecule has 1 aromatic carbocycles. The highest BCUT2D eigenvalue weighted by atomic mass is 32.1. The summed E-state index contributed by atoms with van der Waals surface area (Å²) in [5, 5.41) is 7.43. The normalized spacial score (nSPS) is 12.5. The maximum atomic E-state index is 12.0. The van der Waals surface area contributed by atoms with E-state index in [1.165, 1.54) is 11.3 Å². The van der Waals surface area contributed by atoms with Crippen molar-refractivity contribution in [2.24, 2.45) is 4.99 Å².